The van der Waals surface area contributed by atoms with E-state index in [4.69, 9.17) is 26.2 Å². The number of benzene rings is 1. The summed E-state index contributed by atoms with van der Waals surface area (Å²) in [5.74, 6) is 1.46. The molecule has 37 heavy (non-hydrogen) atoms. The Bertz CT molecular complexity index is 1330. The number of nitrogen functional groups attached to an aromatic ring is 1. The first-order valence-electron chi connectivity index (χ1n) is 11.5. The minimum absolute atomic E-state index is 0.0792. The number of halogens is 1. The number of aliphatic hydroxyl groups is 1. The molecule has 0 radical (unpaired) electrons. The van der Waals surface area contributed by atoms with Crippen molar-refractivity contribution in [2.24, 2.45) is 0 Å². The standard InChI is InChI=1S/C24H28FN4O7P/c1-5-23-21(24(23,32)18(25)19(35-23)29-12-11-17(26)27-22(29)31)36-37(33,13-16-9-7-6-8-10-16)28-15(4)20(30)34-14(2)3/h1,6-12,14-15,18-19,21,32H,13H2,2-4H3,(H,28,33)(H2,26,27,31)/t15-,18-,19+,21?,23+,24+,37?/m0/s1. The number of nitrogens with two attached hydrogens (primary N) is 1. The number of rotatable bonds is 9. The quantitative estimate of drug-likeness (QED) is 0.245. The smallest absolute Gasteiger partial charge is 0.351 e. The van der Waals surface area contributed by atoms with Crippen LogP contribution in [0.2, 0.25) is 0 Å². The Morgan fingerprint density at radius 2 is 2.05 bits per heavy atom. The fraction of sp³-hybridized carbons (Fsp3) is 0.458. The average molecular weight is 534 g/mol. The van der Waals surface area contributed by atoms with Crippen LogP contribution < -0.4 is 16.5 Å². The van der Waals surface area contributed by atoms with Gasteiger partial charge in [0.1, 0.15) is 18.0 Å². The minimum Gasteiger partial charge on any atom is -0.462 e. The number of hydrogen-bond donors (Lipinski definition) is 3. The van der Waals surface area contributed by atoms with Gasteiger partial charge in [-0.3, -0.25) is 13.9 Å². The lowest BCUT2D eigenvalue weighted by Crippen LogP contribution is -2.40. The van der Waals surface area contributed by atoms with E-state index in [-0.39, 0.29) is 12.0 Å². The first-order chi connectivity index (χ1) is 17.4. The van der Waals surface area contributed by atoms with Crippen LogP contribution in [0.25, 0.3) is 0 Å². The predicted molar refractivity (Wildman–Crippen MR) is 131 cm³/mol. The summed E-state index contributed by atoms with van der Waals surface area (Å²) >= 11 is 0. The highest BCUT2D eigenvalue weighted by Gasteiger charge is 2.90. The molecule has 7 atom stereocenters. The lowest BCUT2D eigenvalue weighted by Gasteiger charge is -2.27. The van der Waals surface area contributed by atoms with Gasteiger partial charge < -0.3 is 24.8 Å². The summed E-state index contributed by atoms with van der Waals surface area (Å²) in [6.45, 7) is 4.77. The number of ether oxygens (including phenoxy) is 2. The van der Waals surface area contributed by atoms with Gasteiger partial charge in [0.05, 0.1) is 12.3 Å². The SMILES string of the molecule is C#C[C@]12O[C@@H](n3ccc(N)nc3=O)[C@H](F)[C@@]1(O)C2OP(=O)(Cc1ccccc1)N[C@@H](C)C(=O)OC(C)C. The average Bonchev–Trinajstić information content (AvgIpc) is 3.22. The van der Waals surface area contributed by atoms with Crippen molar-refractivity contribution in [2.75, 3.05) is 5.73 Å². The Morgan fingerprint density at radius 3 is 2.62 bits per heavy atom. The molecule has 1 aromatic heterocycles. The van der Waals surface area contributed by atoms with Gasteiger partial charge in [0.2, 0.25) is 0 Å². The number of terminal acetylenes is 1. The van der Waals surface area contributed by atoms with E-state index in [0.717, 1.165) is 4.57 Å². The third-order valence-corrected chi connectivity index (χ3v) is 8.32. The largest absolute Gasteiger partial charge is 0.462 e. The Morgan fingerprint density at radius 1 is 1.38 bits per heavy atom. The topological polar surface area (TPSA) is 155 Å². The molecule has 1 saturated carbocycles. The number of anilines is 1. The van der Waals surface area contributed by atoms with Gasteiger partial charge >= 0.3 is 11.7 Å². The maximum absolute atomic E-state index is 15.6. The summed E-state index contributed by atoms with van der Waals surface area (Å²) < 4.78 is 47.1. The second-order valence-electron chi connectivity index (χ2n) is 9.30. The normalized spacial score (nSPS) is 30.7. The van der Waals surface area contributed by atoms with Crippen LogP contribution in [-0.4, -0.2) is 56.3 Å². The number of hydrogen-bond acceptors (Lipinski definition) is 9. The molecule has 1 aliphatic carbocycles. The maximum Gasteiger partial charge on any atom is 0.351 e. The molecule has 0 bridgehead atoms. The molecular formula is C24H28FN4O7P. The molecule has 1 aromatic carbocycles. The van der Waals surface area contributed by atoms with Crippen molar-refractivity contribution in [1.82, 2.24) is 14.6 Å². The molecule has 4 rings (SSSR count). The lowest BCUT2D eigenvalue weighted by atomic mass is 10.1. The van der Waals surface area contributed by atoms with E-state index in [2.05, 4.69) is 16.0 Å². The van der Waals surface area contributed by atoms with E-state index in [1.54, 1.807) is 44.2 Å². The highest BCUT2D eigenvalue weighted by atomic mass is 31.2. The Hall–Kier alpha value is -3.07. The van der Waals surface area contributed by atoms with E-state index in [0.29, 0.717) is 5.56 Å². The van der Waals surface area contributed by atoms with E-state index >= 15 is 4.39 Å². The zero-order valence-corrected chi connectivity index (χ0v) is 21.3. The number of nitrogens with zero attached hydrogens (tertiary/aromatic N) is 2. The summed E-state index contributed by atoms with van der Waals surface area (Å²) in [4.78, 5) is 28.2. The van der Waals surface area contributed by atoms with E-state index in [9.17, 15) is 19.3 Å². The van der Waals surface area contributed by atoms with Crippen LogP contribution in [0.3, 0.4) is 0 Å². The lowest BCUT2D eigenvalue weighted by molar-refractivity contribution is -0.149. The molecule has 2 unspecified atom stereocenters. The Labute approximate surface area is 212 Å². The second-order valence-corrected chi connectivity index (χ2v) is 11.4. The number of alkyl halides is 1. The van der Waals surface area contributed by atoms with Crippen LogP contribution in [-0.2, 0) is 29.5 Å². The molecule has 198 valence electrons. The number of aromatic nitrogens is 2. The van der Waals surface area contributed by atoms with Gasteiger partial charge in [-0.1, -0.05) is 36.3 Å². The molecule has 2 fully saturated rings. The third-order valence-electron chi connectivity index (χ3n) is 6.20. The van der Waals surface area contributed by atoms with E-state index in [1.165, 1.54) is 19.2 Å². The van der Waals surface area contributed by atoms with Crippen molar-refractivity contribution in [3.05, 3.63) is 58.6 Å². The number of carbonyl (C=O) groups is 1. The van der Waals surface area contributed by atoms with E-state index < -0.39 is 61.0 Å². The summed E-state index contributed by atoms with van der Waals surface area (Å²) in [5.41, 5.74) is 0.692. The highest BCUT2D eigenvalue weighted by molar-refractivity contribution is 7.56. The van der Waals surface area contributed by atoms with Crippen LogP contribution in [0.15, 0.2) is 47.4 Å². The Kier molecular flexibility index (Phi) is 7.05. The van der Waals surface area contributed by atoms with Gasteiger partial charge in [-0.25, -0.2) is 14.3 Å². The van der Waals surface area contributed by atoms with Crippen molar-refractivity contribution < 1.29 is 32.9 Å². The zero-order valence-electron chi connectivity index (χ0n) is 20.4. The summed E-state index contributed by atoms with van der Waals surface area (Å²) in [7, 11) is -4.03. The van der Waals surface area contributed by atoms with E-state index in [1.807, 2.05) is 0 Å². The molecule has 13 heteroatoms. The first kappa shape index (κ1) is 27.0. The van der Waals surface area contributed by atoms with Crippen molar-refractivity contribution >= 4 is 19.3 Å². The molecule has 0 amide bonds. The van der Waals surface area contributed by atoms with Crippen molar-refractivity contribution in [3.8, 4) is 12.3 Å². The van der Waals surface area contributed by atoms with Crippen molar-refractivity contribution in [1.29, 1.82) is 0 Å². The van der Waals surface area contributed by atoms with Gasteiger partial charge in [-0.2, -0.15) is 4.98 Å². The molecule has 11 nitrogen and oxygen atoms in total. The van der Waals surface area contributed by atoms with Gasteiger partial charge in [0.15, 0.2) is 23.6 Å². The van der Waals surface area contributed by atoms with Crippen LogP contribution in [0.5, 0.6) is 0 Å². The van der Waals surface area contributed by atoms with Crippen LogP contribution in [0.4, 0.5) is 10.2 Å². The second kappa shape index (κ2) is 9.67. The molecule has 4 N–H and O–H groups in total. The van der Waals surface area contributed by atoms with Crippen LogP contribution in [0.1, 0.15) is 32.6 Å². The van der Waals surface area contributed by atoms with Gasteiger partial charge in [-0.05, 0) is 32.4 Å². The predicted octanol–water partition coefficient (Wildman–Crippen LogP) is 1.52. The molecular weight excluding hydrogens is 506 g/mol. The minimum atomic E-state index is -4.03. The van der Waals surface area contributed by atoms with Crippen molar-refractivity contribution in [2.45, 2.75) is 68.8 Å². The van der Waals surface area contributed by atoms with Crippen LogP contribution >= 0.6 is 7.52 Å². The molecule has 1 aliphatic heterocycles. The number of fused-ring (bicyclic) bond motifs is 1. The third kappa shape index (κ3) is 4.69. The maximum atomic E-state index is 15.6. The highest BCUT2D eigenvalue weighted by Crippen LogP contribution is 2.68. The number of carbonyl (C=O) groups excluding carboxylic acids is 1. The molecule has 1 saturated heterocycles. The molecule has 2 aliphatic rings. The molecule has 2 heterocycles. The number of esters is 1. The summed E-state index contributed by atoms with van der Waals surface area (Å²) in [6, 6.07) is 8.80. The number of nitrogens with one attached hydrogen (secondary N) is 1. The van der Waals surface area contributed by atoms with Gasteiger partial charge in [0, 0.05) is 6.20 Å². The van der Waals surface area contributed by atoms with Crippen molar-refractivity contribution in [3.63, 3.8) is 0 Å². The summed E-state index contributed by atoms with van der Waals surface area (Å²) in [5, 5.41) is 13.9. The molecule has 2 aromatic rings. The van der Waals surface area contributed by atoms with Gasteiger partial charge in [0.25, 0.3) is 7.52 Å². The van der Waals surface area contributed by atoms with Crippen LogP contribution in [0, 0.1) is 12.3 Å². The molecule has 0 spiro atoms. The monoisotopic (exact) mass is 534 g/mol. The van der Waals surface area contributed by atoms with Gasteiger partial charge in [-0.15, -0.1) is 6.42 Å². The fourth-order valence-electron chi connectivity index (χ4n) is 4.38. The Balaban J connectivity index is 1.62. The fourth-order valence-corrected chi connectivity index (χ4v) is 6.65. The first-order valence-corrected chi connectivity index (χ1v) is 13.3. The zero-order chi connectivity index (χ0) is 27.2. The summed E-state index contributed by atoms with van der Waals surface area (Å²) in [6.07, 6.45) is 0.750.